The van der Waals surface area contributed by atoms with Crippen molar-refractivity contribution in [3.63, 3.8) is 0 Å². The molecule has 104 valence electrons. The number of hydrogen-bond acceptors (Lipinski definition) is 3. The minimum absolute atomic E-state index is 0.0621. The molecule has 0 unspecified atom stereocenters. The maximum atomic E-state index is 12.0. The number of nitrogens with zero attached hydrogens (tertiary/aromatic N) is 1. The Morgan fingerprint density at radius 3 is 2.74 bits per heavy atom. The van der Waals surface area contributed by atoms with E-state index in [0.29, 0.717) is 18.3 Å². The van der Waals surface area contributed by atoms with Crippen molar-refractivity contribution in [2.45, 2.75) is 45.3 Å². The van der Waals surface area contributed by atoms with Gasteiger partial charge in [-0.2, -0.15) is 0 Å². The molecule has 0 saturated heterocycles. The second-order valence-corrected chi connectivity index (χ2v) is 5.78. The highest BCUT2D eigenvalue weighted by atomic mass is 16.3. The Labute approximate surface area is 114 Å². The van der Waals surface area contributed by atoms with Gasteiger partial charge in [-0.15, -0.1) is 0 Å². The van der Waals surface area contributed by atoms with Gasteiger partial charge in [0.1, 0.15) is 0 Å². The van der Waals surface area contributed by atoms with Gasteiger partial charge in [0.05, 0.1) is 17.8 Å². The fourth-order valence-corrected chi connectivity index (χ4v) is 2.50. The Balaban J connectivity index is 2.05. The van der Waals surface area contributed by atoms with Crippen molar-refractivity contribution in [3.05, 3.63) is 30.1 Å². The molecule has 19 heavy (non-hydrogen) atoms. The van der Waals surface area contributed by atoms with Gasteiger partial charge in [0.15, 0.2) is 0 Å². The summed E-state index contributed by atoms with van der Waals surface area (Å²) in [4.78, 5) is 16.3. The highest BCUT2D eigenvalue weighted by Crippen LogP contribution is 2.37. The number of carbonyl (C=O) groups is 1. The van der Waals surface area contributed by atoms with E-state index in [1.807, 2.05) is 32.0 Å². The van der Waals surface area contributed by atoms with Crippen molar-refractivity contribution in [1.29, 1.82) is 0 Å². The number of carbonyl (C=O) groups excluding carboxylic acids is 1. The molecule has 0 aromatic carbocycles. The van der Waals surface area contributed by atoms with Crippen molar-refractivity contribution < 1.29 is 9.90 Å². The van der Waals surface area contributed by atoms with Gasteiger partial charge < -0.3 is 10.4 Å². The summed E-state index contributed by atoms with van der Waals surface area (Å²) in [6.45, 7) is 4.06. The number of hydrogen-bond donors (Lipinski definition) is 2. The van der Waals surface area contributed by atoms with E-state index in [2.05, 4.69) is 10.3 Å². The Morgan fingerprint density at radius 2 is 2.21 bits per heavy atom. The lowest BCUT2D eigenvalue weighted by atomic mass is 9.76. The Morgan fingerprint density at radius 1 is 1.47 bits per heavy atom. The smallest absolute Gasteiger partial charge is 0.220 e. The first kappa shape index (κ1) is 14.0. The molecule has 2 rings (SSSR count). The predicted octanol–water partition coefficient (Wildman–Crippen LogP) is 2.06. The van der Waals surface area contributed by atoms with Crippen molar-refractivity contribution in [2.75, 3.05) is 0 Å². The van der Waals surface area contributed by atoms with Crippen LogP contribution in [-0.2, 0) is 4.79 Å². The van der Waals surface area contributed by atoms with Crippen molar-refractivity contribution in [1.82, 2.24) is 10.3 Å². The molecule has 1 aromatic rings. The summed E-state index contributed by atoms with van der Waals surface area (Å²) in [5.41, 5.74) is 0.886. The number of nitrogens with one attached hydrogen (secondary N) is 1. The van der Waals surface area contributed by atoms with Gasteiger partial charge in [-0.25, -0.2) is 0 Å². The SMILES string of the molecule is CC(C)CC(=O)N[C@H](c1ccccn1)C1CC(O)C1. The third kappa shape index (κ3) is 3.77. The van der Waals surface area contributed by atoms with Crippen LogP contribution in [0.3, 0.4) is 0 Å². The molecular weight excluding hydrogens is 240 g/mol. The summed E-state index contributed by atoms with van der Waals surface area (Å²) in [5, 5.41) is 12.5. The summed E-state index contributed by atoms with van der Waals surface area (Å²) < 4.78 is 0. The fourth-order valence-electron chi connectivity index (χ4n) is 2.50. The molecule has 1 aromatic heterocycles. The number of pyridine rings is 1. The molecule has 1 aliphatic carbocycles. The van der Waals surface area contributed by atoms with Crippen LogP contribution >= 0.6 is 0 Å². The number of aliphatic hydroxyl groups is 1. The minimum atomic E-state index is -0.224. The summed E-state index contributed by atoms with van der Waals surface area (Å²) >= 11 is 0. The first-order valence-corrected chi connectivity index (χ1v) is 6.94. The number of aromatic nitrogens is 1. The van der Waals surface area contributed by atoms with Gasteiger partial charge in [-0.3, -0.25) is 9.78 Å². The number of aliphatic hydroxyl groups excluding tert-OH is 1. The topological polar surface area (TPSA) is 62.2 Å². The molecule has 0 radical (unpaired) electrons. The summed E-state index contributed by atoms with van der Waals surface area (Å²) in [6, 6.07) is 5.66. The Bertz CT molecular complexity index is 413. The largest absolute Gasteiger partial charge is 0.393 e. The average Bonchev–Trinajstić information content (AvgIpc) is 2.33. The van der Waals surface area contributed by atoms with Gasteiger partial charge in [0.25, 0.3) is 0 Å². The molecule has 1 heterocycles. The van der Waals surface area contributed by atoms with Crippen LogP contribution in [0.15, 0.2) is 24.4 Å². The summed E-state index contributed by atoms with van der Waals surface area (Å²) in [6.07, 6.45) is 3.52. The van der Waals surface area contributed by atoms with Crippen LogP contribution in [0.4, 0.5) is 0 Å². The van der Waals surface area contributed by atoms with E-state index in [1.54, 1.807) is 6.20 Å². The van der Waals surface area contributed by atoms with E-state index >= 15 is 0 Å². The predicted molar refractivity (Wildman–Crippen MR) is 73.3 cm³/mol. The standard InChI is InChI=1S/C15H22N2O2/c1-10(2)7-14(19)17-15(11-8-12(18)9-11)13-5-3-4-6-16-13/h3-6,10-12,15,18H,7-9H2,1-2H3,(H,17,19)/t11?,12?,15-/m0/s1. The van der Waals surface area contributed by atoms with Gasteiger partial charge in [-0.1, -0.05) is 19.9 Å². The highest BCUT2D eigenvalue weighted by molar-refractivity contribution is 5.76. The maximum absolute atomic E-state index is 12.0. The normalized spacial score (nSPS) is 23.8. The van der Waals surface area contributed by atoms with E-state index in [1.165, 1.54) is 0 Å². The second kappa shape index (κ2) is 6.15. The van der Waals surface area contributed by atoms with E-state index < -0.39 is 0 Å². The van der Waals surface area contributed by atoms with E-state index in [9.17, 15) is 9.90 Å². The van der Waals surface area contributed by atoms with Crippen LogP contribution in [0, 0.1) is 11.8 Å². The average molecular weight is 262 g/mol. The monoisotopic (exact) mass is 262 g/mol. The molecule has 1 aliphatic rings. The minimum Gasteiger partial charge on any atom is -0.393 e. The number of rotatable bonds is 5. The molecule has 2 N–H and O–H groups in total. The Hall–Kier alpha value is -1.42. The molecule has 4 heteroatoms. The van der Waals surface area contributed by atoms with Crippen LogP contribution in [0.5, 0.6) is 0 Å². The first-order chi connectivity index (χ1) is 9.06. The van der Waals surface area contributed by atoms with Gasteiger partial charge in [0, 0.05) is 12.6 Å². The fraction of sp³-hybridized carbons (Fsp3) is 0.600. The lowest BCUT2D eigenvalue weighted by Crippen LogP contribution is -2.42. The molecular formula is C15H22N2O2. The van der Waals surface area contributed by atoms with Crippen LogP contribution in [-0.4, -0.2) is 22.1 Å². The summed E-state index contributed by atoms with van der Waals surface area (Å²) in [5.74, 6) is 0.699. The van der Waals surface area contributed by atoms with Gasteiger partial charge >= 0.3 is 0 Å². The molecule has 1 fully saturated rings. The quantitative estimate of drug-likeness (QED) is 0.853. The van der Waals surface area contributed by atoms with E-state index in [-0.39, 0.29) is 18.1 Å². The van der Waals surface area contributed by atoms with E-state index in [4.69, 9.17) is 0 Å². The summed E-state index contributed by atoms with van der Waals surface area (Å²) in [7, 11) is 0. The van der Waals surface area contributed by atoms with Crippen molar-refractivity contribution >= 4 is 5.91 Å². The van der Waals surface area contributed by atoms with E-state index in [0.717, 1.165) is 18.5 Å². The number of amides is 1. The van der Waals surface area contributed by atoms with Gasteiger partial charge in [0.2, 0.25) is 5.91 Å². The molecule has 1 atom stereocenters. The lowest BCUT2D eigenvalue weighted by Gasteiger charge is -2.37. The third-order valence-corrected chi connectivity index (χ3v) is 3.54. The van der Waals surface area contributed by atoms with Crippen LogP contribution in [0.25, 0.3) is 0 Å². The maximum Gasteiger partial charge on any atom is 0.220 e. The highest BCUT2D eigenvalue weighted by Gasteiger charge is 2.36. The molecule has 4 nitrogen and oxygen atoms in total. The van der Waals surface area contributed by atoms with Crippen molar-refractivity contribution in [2.24, 2.45) is 11.8 Å². The molecule has 0 bridgehead atoms. The second-order valence-electron chi connectivity index (χ2n) is 5.78. The zero-order valence-corrected chi connectivity index (χ0v) is 11.5. The third-order valence-electron chi connectivity index (χ3n) is 3.54. The molecule has 0 spiro atoms. The molecule has 1 amide bonds. The zero-order valence-electron chi connectivity index (χ0n) is 11.5. The van der Waals surface area contributed by atoms with Crippen molar-refractivity contribution in [3.8, 4) is 0 Å². The molecule has 0 aliphatic heterocycles. The Kier molecular flexibility index (Phi) is 4.53. The lowest BCUT2D eigenvalue weighted by molar-refractivity contribution is -0.123. The van der Waals surface area contributed by atoms with Crippen LogP contribution < -0.4 is 5.32 Å². The molecule has 1 saturated carbocycles. The first-order valence-electron chi connectivity index (χ1n) is 6.94. The van der Waals surface area contributed by atoms with Crippen LogP contribution in [0.1, 0.15) is 44.8 Å². The van der Waals surface area contributed by atoms with Gasteiger partial charge in [-0.05, 0) is 36.8 Å². The zero-order chi connectivity index (χ0) is 13.8. The van der Waals surface area contributed by atoms with Crippen LogP contribution in [0.2, 0.25) is 0 Å².